The van der Waals surface area contributed by atoms with E-state index in [1.807, 2.05) is 39.2 Å². The number of anilines is 1. The van der Waals surface area contributed by atoms with Gasteiger partial charge in [-0.3, -0.25) is 4.72 Å². The van der Waals surface area contributed by atoms with E-state index in [1.165, 1.54) is 6.20 Å². The third kappa shape index (κ3) is 8.57. The summed E-state index contributed by atoms with van der Waals surface area (Å²) in [5.41, 5.74) is 2.36. The molecule has 0 aliphatic rings. The first-order valence-electron chi connectivity index (χ1n) is 12.3. The summed E-state index contributed by atoms with van der Waals surface area (Å²) in [7, 11) is 3.88. The molecule has 206 valence electrons. The fourth-order valence-electron chi connectivity index (χ4n) is 3.40. The molecule has 0 radical (unpaired) electrons. The molecule has 0 saturated heterocycles. The van der Waals surface area contributed by atoms with E-state index in [0.717, 1.165) is 30.8 Å². The van der Waals surface area contributed by atoms with Crippen molar-refractivity contribution in [3.63, 3.8) is 0 Å². The van der Waals surface area contributed by atoms with Crippen molar-refractivity contribution in [3.05, 3.63) is 65.5 Å². The number of hydrogen-bond donors (Lipinski definition) is 1. The van der Waals surface area contributed by atoms with Gasteiger partial charge >= 0.3 is 0 Å². The maximum absolute atomic E-state index is 12.9. The van der Waals surface area contributed by atoms with E-state index in [-0.39, 0.29) is 23.2 Å². The third-order valence-corrected chi connectivity index (χ3v) is 7.04. The molecule has 1 aromatic heterocycles. The Morgan fingerprint density at radius 2 is 1.66 bits per heavy atom. The molecule has 0 amide bonds. The van der Waals surface area contributed by atoms with Crippen LogP contribution in [0.2, 0.25) is 0 Å². The number of rotatable bonds is 14. The normalized spacial score (nSPS) is 11.6. The zero-order chi connectivity index (χ0) is 27.7. The van der Waals surface area contributed by atoms with E-state index in [9.17, 15) is 8.42 Å². The van der Waals surface area contributed by atoms with Gasteiger partial charge in [0.1, 0.15) is 13.2 Å². The molecule has 0 fully saturated rings. The lowest BCUT2D eigenvalue weighted by Crippen LogP contribution is -2.31. The van der Waals surface area contributed by atoms with Crippen LogP contribution in [0, 0.1) is 13.8 Å². The topological polar surface area (TPSA) is 106 Å². The number of nitrogens with one attached hydrogen (secondary N) is 1. The van der Waals surface area contributed by atoms with Crippen molar-refractivity contribution in [3.8, 4) is 17.4 Å². The fraction of sp³-hybridized carbons (Fsp3) is 0.407. The molecule has 0 saturated carbocycles. The maximum Gasteiger partial charge on any atom is 0.263 e. The van der Waals surface area contributed by atoms with Crippen LogP contribution in [0.25, 0.3) is 0 Å². The van der Waals surface area contributed by atoms with Gasteiger partial charge in [0.15, 0.2) is 11.5 Å². The highest BCUT2D eigenvalue weighted by Gasteiger charge is 2.19. The van der Waals surface area contributed by atoms with Gasteiger partial charge in [0.2, 0.25) is 5.82 Å². The molecule has 0 spiro atoms. The molecule has 3 rings (SSSR count). The smallest absolute Gasteiger partial charge is 0.263 e. The number of nitrogens with zero attached hydrogens (tertiary/aromatic N) is 4. The minimum atomic E-state index is -3.87. The van der Waals surface area contributed by atoms with Gasteiger partial charge in [0.05, 0.1) is 23.9 Å². The molecular weight excluding hydrogens is 506 g/mol. The van der Waals surface area contributed by atoms with Crippen LogP contribution in [0.4, 0.5) is 5.82 Å². The van der Waals surface area contributed by atoms with Crippen LogP contribution in [-0.4, -0.2) is 82.7 Å². The largest absolute Gasteiger partial charge is 0.493 e. The lowest BCUT2D eigenvalue weighted by Gasteiger charge is -2.20. The molecule has 3 aromatic rings. The predicted molar refractivity (Wildman–Crippen MR) is 148 cm³/mol. The van der Waals surface area contributed by atoms with Gasteiger partial charge < -0.3 is 24.0 Å². The van der Waals surface area contributed by atoms with Gasteiger partial charge in [0, 0.05) is 19.6 Å². The molecule has 0 aliphatic heterocycles. The van der Waals surface area contributed by atoms with Gasteiger partial charge in [-0.1, -0.05) is 23.8 Å². The third-order valence-electron chi connectivity index (χ3n) is 5.69. The van der Waals surface area contributed by atoms with Crippen LogP contribution >= 0.6 is 0 Å². The first-order chi connectivity index (χ1) is 18.1. The van der Waals surface area contributed by atoms with Crippen molar-refractivity contribution in [1.29, 1.82) is 0 Å². The van der Waals surface area contributed by atoms with Gasteiger partial charge in [-0.25, -0.2) is 18.4 Å². The molecule has 10 nitrogen and oxygen atoms in total. The first-order valence-corrected chi connectivity index (χ1v) is 13.7. The average molecular weight is 544 g/mol. The van der Waals surface area contributed by atoms with Crippen molar-refractivity contribution in [2.45, 2.75) is 25.3 Å². The number of aromatic nitrogens is 2. The lowest BCUT2D eigenvalue weighted by atomic mass is 10.2. The second kappa shape index (κ2) is 13.4. The van der Waals surface area contributed by atoms with Crippen LogP contribution in [0.5, 0.6) is 17.4 Å². The van der Waals surface area contributed by atoms with Crippen LogP contribution in [-0.2, 0) is 16.6 Å². The predicted octanol–water partition coefficient (Wildman–Crippen LogP) is 3.35. The van der Waals surface area contributed by atoms with Gasteiger partial charge in [-0.2, -0.15) is 0 Å². The zero-order valence-electron chi connectivity index (χ0n) is 22.9. The summed E-state index contributed by atoms with van der Waals surface area (Å²) in [6.07, 6.45) is 1.48. The maximum atomic E-state index is 12.9. The Morgan fingerprint density at radius 1 is 0.921 bits per heavy atom. The minimum Gasteiger partial charge on any atom is -0.493 e. The fourth-order valence-corrected chi connectivity index (χ4v) is 4.41. The minimum absolute atomic E-state index is 0.0157. The van der Waals surface area contributed by atoms with Crippen LogP contribution in [0.15, 0.2) is 53.6 Å². The standard InChI is InChI=1S/C27H37N5O5S/c1-20-7-10-23(11-8-20)38(33,34)30-26-27(29-21(2)18-28-26)37-19-22-9-12-24(35-6)25(17-22)36-16-15-32(5)14-13-31(3)4/h7-12,17-18H,13-16,19H2,1-6H3,(H,28,30). The van der Waals surface area contributed by atoms with Gasteiger partial charge in [-0.15, -0.1) is 0 Å². The quantitative estimate of drug-likeness (QED) is 0.328. The second-order valence-corrected chi connectivity index (χ2v) is 11.0. The number of aryl methyl sites for hydroxylation is 2. The summed E-state index contributed by atoms with van der Waals surface area (Å²) in [5, 5.41) is 0. The van der Waals surface area contributed by atoms with E-state index in [0.29, 0.717) is 23.8 Å². The molecule has 0 bridgehead atoms. The molecule has 1 heterocycles. The number of hydrogen-bond acceptors (Lipinski definition) is 9. The Balaban J connectivity index is 1.69. The Hall–Kier alpha value is -3.41. The Kier molecular flexibility index (Phi) is 10.3. The number of benzene rings is 2. The average Bonchev–Trinajstić information content (AvgIpc) is 2.88. The van der Waals surface area contributed by atoms with Crippen molar-refractivity contribution in [1.82, 2.24) is 19.8 Å². The van der Waals surface area contributed by atoms with E-state index >= 15 is 0 Å². The number of methoxy groups -OCH3 is 1. The molecule has 38 heavy (non-hydrogen) atoms. The summed E-state index contributed by atoms with van der Waals surface area (Å²) in [6.45, 7) is 6.95. The molecule has 2 aromatic carbocycles. The van der Waals surface area contributed by atoms with E-state index < -0.39 is 10.0 Å². The second-order valence-electron chi connectivity index (χ2n) is 9.31. The molecule has 0 atom stereocenters. The van der Waals surface area contributed by atoms with Crippen LogP contribution in [0.3, 0.4) is 0 Å². The number of sulfonamides is 1. The Morgan fingerprint density at radius 3 is 2.34 bits per heavy atom. The monoisotopic (exact) mass is 543 g/mol. The zero-order valence-corrected chi connectivity index (χ0v) is 23.7. The lowest BCUT2D eigenvalue weighted by molar-refractivity contribution is 0.216. The highest BCUT2D eigenvalue weighted by atomic mass is 32.2. The molecular formula is C27H37N5O5S. The summed E-state index contributed by atoms with van der Waals surface area (Å²) in [4.78, 5) is 13.0. The summed E-state index contributed by atoms with van der Waals surface area (Å²) in [5.74, 6) is 1.32. The Labute approximate surface area is 225 Å². The van der Waals surface area contributed by atoms with E-state index in [4.69, 9.17) is 14.2 Å². The van der Waals surface area contributed by atoms with E-state index in [2.05, 4.69) is 31.5 Å². The molecule has 0 unspecified atom stereocenters. The molecule has 11 heteroatoms. The van der Waals surface area contributed by atoms with Crippen molar-refractivity contribution < 1.29 is 22.6 Å². The van der Waals surface area contributed by atoms with Crippen molar-refractivity contribution in [2.75, 3.05) is 59.2 Å². The van der Waals surface area contributed by atoms with Gasteiger partial charge in [-0.05, 0) is 64.8 Å². The highest BCUT2D eigenvalue weighted by Crippen LogP contribution is 2.29. The summed E-state index contributed by atoms with van der Waals surface area (Å²) >= 11 is 0. The number of ether oxygens (including phenoxy) is 3. The first kappa shape index (κ1) is 29.2. The summed E-state index contributed by atoms with van der Waals surface area (Å²) < 4.78 is 45.7. The SMILES string of the molecule is COc1ccc(COc2nc(C)cnc2NS(=O)(=O)c2ccc(C)cc2)cc1OCCN(C)CCN(C)C. The molecule has 1 N–H and O–H groups in total. The van der Waals surface area contributed by atoms with Crippen LogP contribution in [0.1, 0.15) is 16.8 Å². The Bertz CT molecular complexity index is 1300. The van der Waals surface area contributed by atoms with Gasteiger partial charge in [0.25, 0.3) is 15.9 Å². The molecule has 0 aliphatic carbocycles. The number of likely N-dealkylation sites (N-methyl/N-ethyl adjacent to an activating group) is 2. The summed E-state index contributed by atoms with van der Waals surface area (Å²) in [6, 6.07) is 12.1. The van der Waals surface area contributed by atoms with Crippen molar-refractivity contribution >= 4 is 15.8 Å². The van der Waals surface area contributed by atoms with Crippen molar-refractivity contribution in [2.24, 2.45) is 0 Å². The van der Waals surface area contributed by atoms with Crippen LogP contribution < -0.4 is 18.9 Å². The van der Waals surface area contributed by atoms with E-state index in [1.54, 1.807) is 38.3 Å². The highest BCUT2D eigenvalue weighted by molar-refractivity contribution is 7.92.